The van der Waals surface area contributed by atoms with E-state index in [2.05, 4.69) is 72.5 Å². The zero-order chi connectivity index (χ0) is 27.4. The highest BCUT2D eigenvalue weighted by Gasteiger charge is 2.42. The van der Waals surface area contributed by atoms with Gasteiger partial charge in [-0.05, 0) is 54.7 Å². The molecule has 0 atom stereocenters. The molecule has 0 radical (unpaired) electrons. The van der Waals surface area contributed by atoms with Gasteiger partial charge in [-0.1, -0.05) is 59.2 Å². The van der Waals surface area contributed by atoms with Gasteiger partial charge in [-0.15, -0.1) is 0 Å². The molecule has 0 unspecified atom stereocenters. The van der Waals surface area contributed by atoms with Gasteiger partial charge in [0.1, 0.15) is 17.1 Å². The largest absolute Gasteiger partial charge is 0.543 e. The fraction of sp³-hybridized carbons (Fsp3) is 0.615. The van der Waals surface area contributed by atoms with Crippen LogP contribution < -0.4 is 8.85 Å². The first-order valence-electron chi connectivity index (χ1n) is 11.8. The number of hydrogen-bond donors (Lipinski definition) is 0. The van der Waals surface area contributed by atoms with Crippen molar-refractivity contribution in [2.24, 2.45) is 0 Å². The number of halogens is 1. The van der Waals surface area contributed by atoms with E-state index in [0.717, 1.165) is 0 Å². The lowest BCUT2D eigenvalue weighted by Gasteiger charge is -2.39. The van der Waals surface area contributed by atoms with Crippen LogP contribution in [0.3, 0.4) is 0 Å². The Morgan fingerprint density at radius 3 is 1.80 bits per heavy atom. The fourth-order valence-corrected chi connectivity index (χ4v) is 5.09. The molecule has 0 spiro atoms. The van der Waals surface area contributed by atoms with Crippen LogP contribution in [0.4, 0.5) is 0 Å². The predicted molar refractivity (Wildman–Crippen MR) is 148 cm³/mol. The van der Waals surface area contributed by atoms with Gasteiger partial charge in [0.2, 0.25) is 0 Å². The predicted octanol–water partition coefficient (Wildman–Crippen LogP) is 7.56. The standard InChI is InChI=1S/C26H43ClO6Si2/c1-25(2,3)34(9,10)32-19-17-20(33-35(11,12)26(4,5)6)23(27)18(22(19)24(29)31-8)15-13-14-16-21(28)30-7/h14,16-17H,13,15H2,1-12H3/b16-14-. The Hall–Kier alpha value is -1.78. The van der Waals surface area contributed by atoms with Crippen molar-refractivity contribution >= 4 is 40.2 Å². The number of ether oxygens (including phenoxy) is 2. The van der Waals surface area contributed by atoms with Gasteiger partial charge in [-0.3, -0.25) is 0 Å². The number of carbonyl (C=O) groups is 2. The first kappa shape index (κ1) is 31.3. The summed E-state index contributed by atoms with van der Waals surface area (Å²) < 4.78 is 23.1. The number of hydrogen-bond acceptors (Lipinski definition) is 6. The van der Waals surface area contributed by atoms with Gasteiger partial charge in [0.05, 0.1) is 19.2 Å². The number of methoxy groups -OCH3 is 2. The van der Waals surface area contributed by atoms with E-state index in [-0.39, 0.29) is 10.1 Å². The Bertz CT molecular complexity index is 956. The van der Waals surface area contributed by atoms with Crippen LogP contribution in [0, 0.1) is 0 Å². The summed E-state index contributed by atoms with van der Waals surface area (Å²) in [5, 5.41) is 0.217. The number of rotatable bonds is 9. The quantitative estimate of drug-likeness (QED) is 0.182. The van der Waals surface area contributed by atoms with Crippen LogP contribution in [-0.4, -0.2) is 42.8 Å². The van der Waals surface area contributed by atoms with E-state index < -0.39 is 28.6 Å². The van der Waals surface area contributed by atoms with Crippen molar-refractivity contribution in [1.82, 2.24) is 0 Å². The molecule has 0 aromatic heterocycles. The third-order valence-electron chi connectivity index (χ3n) is 7.04. The number of carbonyl (C=O) groups excluding carboxylic acids is 2. The van der Waals surface area contributed by atoms with Crippen LogP contribution in [0.25, 0.3) is 0 Å². The molecule has 1 aromatic carbocycles. The molecule has 0 amide bonds. The summed E-state index contributed by atoms with van der Waals surface area (Å²) in [6, 6.07) is 1.75. The molecule has 0 aliphatic heterocycles. The average Bonchev–Trinajstić information content (AvgIpc) is 2.71. The fourth-order valence-electron chi connectivity index (χ4n) is 2.71. The Labute approximate surface area is 218 Å². The molecule has 0 heterocycles. The minimum absolute atomic E-state index is 0.0543. The Morgan fingerprint density at radius 1 is 0.886 bits per heavy atom. The highest BCUT2D eigenvalue weighted by atomic mass is 35.5. The van der Waals surface area contributed by atoms with Crippen LogP contribution in [0.1, 0.15) is 63.9 Å². The minimum Gasteiger partial charge on any atom is -0.543 e. The third-order valence-corrected chi connectivity index (χ3v) is 16.1. The second-order valence-electron chi connectivity index (χ2n) is 11.7. The summed E-state index contributed by atoms with van der Waals surface area (Å²) >= 11 is 6.90. The first-order chi connectivity index (χ1) is 15.8. The summed E-state index contributed by atoms with van der Waals surface area (Å²) in [6.45, 7) is 21.4. The first-order valence-corrected chi connectivity index (χ1v) is 18.0. The van der Waals surface area contributed by atoms with Gasteiger partial charge in [0.25, 0.3) is 16.6 Å². The van der Waals surface area contributed by atoms with Crippen molar-refractivity contribution in [2.75, 3.05) is 14.2 Å². The van der Waals surface area contributed by atoms with Crippen LogP contribution in [0.2, 0.25) is 41.3 Å². The molecular weight excluding hydrogens is 500 g/mol. The summed E-state index contributed by atoms with van der Waals surface area (Å²) in [5.74, 6) is -0.0345. The lowest BCUT2D eigenvalue weighted by molar-refractivity contribution is -0.134. The maximum Gasteiger partial charge on any atom is 0.341 e. The summed E-state index contributed by atoms with van der Waals surface area (Å²) in [6.07, 6.45) is 3.90. The van der Waals surface area contributed by atoms with Gasteiger partial charge < -0.3 is 18.3 Å². The highest BCUT2D eigenvalue weighted by Crippen LogP contribution is 2.46. The van der Waals surface area contributed by atoms with E-state index in [0.29, 0.717) is 40.5 Å². The lowest BCUT2D eigenvalue weighted by atomic mass is 10.0. The van der Waals surface area contributed by atoms with Gasteiger partial charge in [-0.25, -0.2) is 9.59 Å². The second kappa shape index (κ2) is 11.5. The van der Waals surface area contributed by atoms with E-state index in [1.54, 1.807) is 12.1 Å². The molecule has 0 fully saturated rings. The molecule has 0 bridgehead atoms. The van der Waals surface area contributed by atoms with Gasteiger partial charge in [-0.2, -0.15) is 0 Å². The lowest BCUT2D eigenvalue weighted by Crippen LogP contribution is -2.45. The maximum absolute atomic E-state index is 13.0. The molecule has 0 aliphatic carbocycles. The van der Waals surface area contributed by atoms with E-state index in [1.165, 1.54) is 20.3 Å². The summed E-state index contributed by atoms with van der Waals surface area (Å²) in [5.41, 5.74) is 0.884. The normalized spacial score (nSPS) is 13.1. The van der Waals surface area contributed by atoms with Crippen molar-refractivity contribution in [2.45, 2.75) is 90.6 Å². The van der Waals surface area contributed by atoms with E-state index in [1.807, 2.05) is 0 Å². The minimum atomic E-state index is -2.32. The molecule has 0 aliphatic rings. The smallest absolute Gasteiger partial charge is 0.341 e. The number of esters is 2. The van der Waals surface area contributed by atoms with Gasteiger partial charge >= 0.3 is 11.9 Å². The number of allylic oxidation sites excluding steroid dienone is 1. The third kappa shape index (κ3) is 7.85. The van der Waals surface area contributed by atoms with Crippen LogP contribution in [-0.2, 0) is 20.7 Å². The second-order valence-corrected chi connectivity index (χ2v) is 21.5. The van der Waals surface area contributed by atoms with Crippen LogP contribution in [0.15, 0.2) is 18.2 Å². The zero-order valence-electron chi connectivity index (χ0n) is 23.5. The Kier molecular flexibility index (Phi) is 10.3. The highest BCUT2D eigenvalue weighted by molar-refractivity contribution is 6.75. The molecule has 0 N–H and O–H groups in total. The molecule has 198 valence electrons. The molecular formula is C26H43ClO6Si2. The van der Waals surface area contributed by atoms with Crippen molar-refractivity contribution in [1.29, 1.82) is 0 Å². The van der Waals surface area contributed by atoms with Crippen LogP contribution in [0.5, 0.6) is 11.5 Å². The van der Waals surface area contributed by atoms with Crippen molar-refractivity contribution in [3.05, 3.63) is 34.4 Å². The van der Waals surface area contributed by atoms with Gasteiger partial charge in [0.15, 0.2) is 0 Å². The Morgan fingerprint density at radius 2 is 1.37 bits per heavy atom. The SMILES string of the molecule is COC(=O)/C=C\CCc1c(Cl)c(O[Si](C)(C)C(C)(C)C)cc(O[Si](C)(C)C(C)(C)C)c1C(=O)OC. The molecule has 9 heteroatoms. The molecule has 0 saturated heterocycles. The van der Waals surface area contributed by atoms with Crippen molar-refractivity contribution in [3.8, 4) is 11.5 Å². The van der Waals surface area contributed by atoms with Gasteiger partial charge in [0, 0.05) is 12.1 Å². The van der Waals surface area contributed by atoms with Crippen molar-refractivity contribution in [3.63, 3.8) is 0 Å². The van der Waals surface area contributed by atoms with E-state index in [4.69, 9.17) is 25.2 Å². The number of benzene rings is 1. The Balaban J connectivity index is 3.78. The summed E-state index contributed by atoms with van der Waals surface area (Å²) in [7, 11) is -1.91. The average molecular weight is 543 g/mol. The maximum atomic E-state index is 13.0. The van der Waals surface area contributed by atoms with Crippen LogP contribution >= 0.6 is 11.6 Å². The van der Waals surface area contributed by atoms with E-state index in [9.17, 15) is 9.59 Å². The molecule has 6 nitrogen and oxygen atoms in total. The van der Waals surface area contributed by atoms with Crippen molar-refractivity contribution < 1.29 is 27.9 Å². The topological polar surface area (TPSA) is 71.1 Å². The summed E-state index contributed by atoms with van der Waals surface area (Å²) in [4.78, 5) is 24.5. The zero-order valence-corrected chi connectivity index (χ0v) is 26.2. The van der Waals surface area contributed by atoms with E-state index >= 15 is 0 Å². The molecule has 0 saturated carbocycles. The monoisotopic (exact) mass is 542 g/mol. The molecule has 35 heavy (non-hydrogen) atoms. The molecule has 1 rings (SSSR count). The molecule has 1 aromatic rings.